The Morgan fingerprint density at radius 1 is 1.33 bits per heavy atom. The van der Waals surface area contributed by atoms with Gasteiger partial charge in [-0.25, -0.2) is 0 Å². The van der Waals surface area contributed by atoms with E-state index >= 15 is 0 Å². The van der Waals surface area contributed by atoms with Gasteiger partial charge < -0.3 is 4.74 Å². The van der Waals surface area contributed by atoms with Crippen molar-refractivity contribution in [2.75, 3.05) is 7.11 Å². The standard InChI is InChI=1S/C15H20BrClO/c1-18-15-7-6-12(10-14(15)16)8-11-4-2-3-5-13(17)9-11/h6-7,10-11,13H,2-5,8-9H2,1H3. The summed E-state index contributed by atoms with van der Waals surface area (Å²) in [7, 11) is 1.70. The van der Waals surface area contributed by atoms with Crippen LogP contribution in [0.3, 0.4) is 0 Å². The average molecular weight is 332 g/mol. The largest absolute Gasteiger partial charge is 0.496 e. The molecule has 1 aromatic rings. The van der Waals surface area contributed by atoms with Crippen LogP contribution >= 0.6 is 27.5 Å². The molecule has 0 aromatic heterocycles. The third-order valence-electron chi connectivity index (χ3n) is 3.71. The Morgan fingerprint density at radius 2 is 2.11 bits per heavy atom. The summed E-state index contributed by atoms with van der Waals surface area (Å²) in [6.45, 7) is 0. The second kappa shape index (κ2) is 6.81. The van der Waals surface area contributed by atoms with E-state index in [-0.39, 0.29) is 0 Å². The fourth-order valence-corrected chi connectivity index (χ4v) is 3.75. The molecule has 3 heteroatoms. The van der Waals surface area contributed by atoms with Gasteiger partial charge in [0.1, 0.15) is 5.75 Å². The molecule has 0 bridgehead atoms. The van der Waals surface area contributed by atoms with Crippen LogP contribution in [0.2, 0.25) is 0 Å². The second-order valence-electron chi connectivity index (χ2n) is 5.16. The van der Waals surface area contributed by atoms with Gasteiger partial charge in [0.2, 0.25) is 0 Å². The van der Waals surface area contributed by atoms with Gasteiger partial charge in [-0.1, -0.05) is 25.3 Å². The van der Waals surface area contributed by atoms with Gasteiger partial charge in [0, 0.05) is 5.38 Å². The number of rotatable bonds is 3. The highest BCUT2D eigenvalue weighted by Gasteiger charge is 2.19. The number of alkyl halides is 1. The Labute approximate surface area is 123 Å². The highest BCUT2D eigenvalue weighted by molar-refractivity contribution is 9.10. The number of methoxy groups -OCH3 is 1. The maximum absolute atomic E-state index is 6.33. The fraction of sp³-hybridized carbons (Fsp3) is 0.600. The van der Waals surface area contributed by atoms with E-state index in [1.807, 2.05) is 6.07 Å². The average Bonchev–Trinajstić information content (AvgIpc) is 2.54. The first-order valence-corrected chi connectivity index (χ1v) is 7.88. The molecule has 0 saturated heterocycles. The van der Waals surface area contributed by atoms with Crippen molar-refractivity contribution in [1.29, 1.82) is 0 Å². The molecule has 1 aliphatic rings. The summed E-state index contributed by atoms with van der Waals surface area (Å²) < 4.78 is 6.30. The molecule has 1 nitrogen and oxygen atoms in total. The van der Waals surface area contributed by atoms with E-state index in [2.05, 4.69) is 28.1 Å². The number of benzene rings is 1. The van der Waals surface area contributed by atoms with Crippen LogP contribution in [0.1, 0.15) is 37.7 Å². The predicted molar refractivity (Wildman–Crippen MR) is 80.6 cm³/mol. The van der Waals surface area contributed by atoms with Gasteiger partial charge in [-0.15, -0.1) is 11.6 Å². The number of ether oxygens (including phenoxy) is 1. The summed E-state index contributed by atoms with van der Waals surface area (Å²) in [5.41, 5.74) is 1.37. The first-order chi connectivity index (χ1) is 8.69. The maximum Gasteiger partial charge on any atom is 0.133 e. The van der Waals surface area contributed by atoms with Gasteiger partial charge in [0.25, 0.3) is 0 Å². The van der Waals surface area contributed by atoms with E-state index < -0.39 is 0 Å². The minimum absolute atomic E-state index is 0.374. The topological polar surface area (TPSA) is 9.23 Å². The summed E-state index contributed by atoms with van der Waals surface area (Å²) in [6.07, 6.45) is 7.40. The molecular weight excluding hydrogens is 312 g/mol. The number of hydrogen-bond acceptors (Lipinski definition) is 1. The van der Waals surface area contributed by atoms with Crippen LogP contribution < -0.4 is 4.74 Å². The molecule has 0 amide bonds. The molecular formula is C15H20BrClO. The molecule has 1 aromatic carbocycles. The zero-order valence-corrected chi connectivity index (χ0v) is 13.1. The quantitative estimate of drug-likeness (QED) is 0.547. The summed E-state index contributed by atoms with van der Waals surface area (Å²) in [5.74, 6) is 1.63. The van der Waals surface area contributed by atoms with Crippen molar-refractivity contribution in [3.8, 4) is 5.75 Å². The van der Waals surface area contributed by atoms with Crippen LogP contribution in [0, 0.1) is 5.92 Å². The lowest BCUT2D eigenvalue weighted by Gasteiger charge is -2.16. The van der Waals surface area contributed by atoms with Gasteiger partial charge in [0.05, 0.1) is 11.6 Å². The molecule has 18 heavy (non-hydrogen) atoms. The van der Waals surface area contributed by atoms with Crippen molar-refractivity contribution < 1.29 is 4.74 Å². The van der Waals surface area contributed by atoms with Crippen molar-refractivity contribution >= 4 is 27.5 Å². The Hall–Kier alpha value is -0.210. The van der Waals surface area contributed by atoms with Crippen LogP contribution in [0.25, 0.3) is 0 Å². The van der Waals surface area contributed by atoms with Crippen LogP contribution in [0.4, 0.5) is 0 Å². The first-order valence-electron chi connectivity index (χ1n) is 6.65. The second-order valence-corrected chi connectivity index (χ2v) is 6.63. The molecule has 2 unspecified atom stereocenters. The van der Waals surface area contributed by atoms with Crippen molar-refractivity contribution in [3.05, 3.63) is 28.2 Å². The van der Waals surface area contributed by atoms with E-state index in [0.29, 0.717) is 5.38 Å². The molecule has 100 valence electrons. The SMILES string of the molecule is COc1ccc(CC2CCCCC(Cl)C2)cc1Br. The number of hydrogen-bond donors (Lipinski definition) is 0. The van der Waals surface area contributed by atoms with Gasteiger partial charge in [-0.2, -0.15) is 0 Å². The summed E-state index contributed by atoms with van der Waals surface area (Å²) in [4.78, 5) is 0. The van der Waals surface area contributed by atoms with Gasteiger partial charge in [-0.3, -0.25) is 0 Å². The molecule has 1 saturated carbocycles. The lowest BCUT2D eigenvalue weighted by atomic mass is 9.92. The third-order valence-corrected chi connectivity index (χ3v) is 4.73. The van der Waals surface area contributed by atoms with Crippen molar-refractivity contribution in [2.45, 2.75) is 43.9 Å². The van der Waals surface area contributed by atoms with Crippen LogP contribution in [-0.4, -0.2) is 12.5 Å². The van der Waals surface area contributed by atoms with Crippen molar-refractivity contribution in [3.63, 3.8) is 0 Å². The fourth-order valence-electron chi connectivity index (χ4n) is 2.75. The first kappa shape index (κ1) is 14.2. The highest BCUT2D eigenvalue weighted by atomic mass is 79.9. The maximum atomic E-state index is 6.33. The molecule has 1 aliphatic carbocycles. The van der Waals surface area contributed by atoms with Gasteiger partial charge in [-0.05, 0) is 58.8 Å². The van der Waals surface area contributed by atoms with E-state index in [0.717, 1.165) is 29.0 Å². The lowest BCUT2D eigenvalue weighted by Crippen LogP contribution is -2.08. The molecule has 0 aliphatic heterocycles. The summed E-state index contributed by atoms with van der Waals surface area (Å²) >= 11 is 9.88. The highest BCUT2D eigenvalue weighted by Crippen LogP contribution is 2.31. The van der Waals surface area contributed by atoms with E-state index in [4.69, 9.17) is 16.3 Å². The van der Waals surface area contributed by atoms with Crippen molar-refractivity contribution in [1.82, 2.24) is 0 Å². The summed E-state index contributed by atoms with van der Waals surface area (Å²) in [5, 5.41) is 0.374. The molecule has 2 atom stereocenters. The zero-order chi connectivity index (χ0) is 13.0. The Bertz CT molecular complexity index is 394. The Morgan fingerprint density at radius 3 is 2.83 bits per heavy atom. The number of halogens is 2. The minimum Gasteiger partial charge on any atom is -0.496 e. The molecule has 2 rings (SSSR count). The molecule has 0 spiro atoms. The Balaban J connectivity index is 2.01. The Kier molecular flexibility index (Phi) is 5.38. The minimum atomic E-state index is 0.374. The van der Waals surface area contributed by atoms with Gasteiger partial charge in [0.15, 0.2) is 0 Å². The summed E-state index contributed by atoms with van der Waals surface area (Å²) in [6, 6.07) is 6.37. The molecule has 0 heterocycles. The lowest BCUT2D eigenvalue weighted by molar-refractivity contribution is 0.411. The monoisotopic (exact) mass is 330 g/mol. The predicted octanol–water partition coefficient (Wildman–Crippen LogP) is 5.19. The van der Waals surface area contributed by atoms with Crippen LogP contribution in [0.15, 0.2) is 22.7 Å². The van der Waals surface area contributed by atoms with Crippen molar-refractivity contribution in [2.24, 2.45) is 5.92 Å². The normalized spacial score (nSPS) is 24.6. The van der Waals surface area contributed by atoms with Gasteiger partial charge >= 0.3 is 0 Å². The smallest absolute Gasteiger partial charge is 0.133 e. The molecule has 0 N–H and O–H groups in total. The van der Waals surface area contributed by atoms with E-state index in [1.54, 1.807) is 7.11 Å². The van der Waals surface area contributed by atoms with Crippen LogP contribution in [-0.2, 0) is 6.42 Å². The van der Waals surface area contributed by atoms with E-state index in [9.17, 15) is 0 Å². The molecule has 1 fully saturated rings. The third kappa shape index (κ3) is 3.89. The zero-order valence-electron chi connectivity index (χ0n) is 10.8. The van der Waals surface area contributed by atoms with E-state index in [1.165, 1.54) is 31.2 Å². The van der Waals surface area contributed by atoms with Crippen LogP contribution in [0.5, 0.6) is 5.75 Å². The molecule has 0 radical (unpaired) electrons.